The van der Waals surface area contributed by atoms with E-state index in [1.165, 1.54) is 54.3 Å². The fourth-order valence-electron chi connectivity index (χ4n) is 8.63. The summed E-state index contributed by atoms with van der Waals surface area (Å²) in [5.41, 5.74) is 14.8. The van der Waals surface area contributed by atoms with Crippen LogP contribution in [-0.4, -0.2) is 19.9 Å². The molecule has 0 saturated carbocycles. The van der Waals surface area contributed by atoms with Crippen molar-refractivity contribution in [3.63, 3.8) is 0 Å². The molecule has 0 fully saturated rings. The van der Waals surface area contributed by atoms with Crippen molar-refractivity contribution in [3.8, 4) is 67.5 Å². The molecule has 0 radical (unpaired) electrons. The zero-order chi connectivity index (χ0) is 37.1. The molecule has 7 aromatic carbocycles. The van der Waals surface area contributed by atoms with Gasteiger partial charge >= 0.3 is 0 Å². The first-order chi connectivity index (χ1) is 27.8. The molecule has 2 aliphatic rings. The van der Waals surface area contributed by atoms with Crippen molar-refractivity contribution in [2.45, 2.75) is 15.2 Å². The van der Waals surface area contributed by atoms with Gasteiger partial charge in [0.25, 0.3) is 0 Å². The third kappa shape index (κ3) is 5.09. The Morgan fingerprint density at radius 1 is 0.339 bits per heavy atom. The van der Waals surface area contributed by atoms with Crippen LogP contribution < -0.4 is 0 Å². The molecule has 1 aliphatic carbocycles. The van der Waals surface area contributed by atoms with Gasteiger partial charge in [-0.3, -0.25) is 0 Å². The molecule has 9 aromatic rings. The fraction of sp³-hybridized carbons (Fsp3) is 0.0196. The molecule has 3 heterocycles. The number of hydrogen-bond donors (Lipinski definition) is 0. The molecule has 56 heavy (non-hydrogen) atoms. The predicted molar refractivity (Wildman–Crippen MR) is 226 cm³/mol. The van der Waals surface area contributed by atoms with Crippen molar-refractivity contribution in [1.29, 1.82) is 0 Å². The Bertz CT molecular complexity index is 2900. The monoisotopic (exact) mass is 732 g/mol. The maximum atomic E-state index is 5.29. The van der Waals surface area contributed by atoms with Crippen LogP contribution in [0, 0.1) is 0 Å². The Hall–Kier alpha value is -6.95. The molecule has 262 valence electrons. The highest BCUT2D eigenvalue weighted by Crippen LogP contribution is 2.61. The second-order valence-corrected chi connectivity index (χ2v) is 15.3. The minimum atomic E-state index is -0.612. The van der Waals surface area contributed by atoms with E-state index in [4.69, 9.17) is 19.9 Å². The first kappa shape index (κ1) is 32.5. The Kier molecular flexibility index (Phi) is 7.61. The summed E-state index contributed by atoms with van der Waals surface area (Å²) >= 11 is 1.86. The second kappa shape index (κ2) is 13.1. The lowest BCUT2D eigenvalue weighted by Gasteiger charge is -2.42. The van der Waals surface area contributed by atoms with Gasteiger partial charge in [0, 0.05) is 38.9 Å². The van der Waals surface area contributed by atoms with E-state index in [0.29, 0.717) is 11.6 Å². The molecule has 1 spiro atoms. The van der Waals surface area contributed by atoms with Gasteiger partial charge < -0.3 is 0 Å². The van der Waals surface area contributed by atoms with Crippen LogP contribution in [-0.2, 0) is 5.41 Å². The number of benzene rings is 7. The average Bonchev–Trinajstić information content (AvgIpc) is 3.38. The fourth-order valence-corrected chi connectivity index (χ4v) is 9.82. The van der Waals surface area contributed by atoms with Crippen LogP contribution in [0.5, 0.6) is 0 Å². The van der Waals surface area contributed by atoms with Gasteiger partial charge in [0.1, 0.15) is 0 Å². The van der Waals surface area contributed by atoms with E-state index in [0.717, 1.165) is 33.6 Å². The average molecular weight is 733 g/mol. The van der Waals surface area contributed by atoms with Crippen molar-refractivity contribution < 1.29 is 0 Å². The number of hydrogen-bond acceptors (Lipinski definition) is 5. The van der Waals surface area contributed by atoms with E-state index in [-0.39, 0.29) is 0 Å². The van der Waals surface area contributed by atoms with Crippen molar-refractivity contribution >= 4 is 11.8 Å². The highest BCUT2D eigenvalue weighted by Gasteiger charge is 2.48. The van der Waals surface area contributed by atoms with Crippen LogP contribution >= 0.6 is 11.8 Å². The largest absolute Gasteiger partial charge is 0.236 e. The Morgan fingerprint density at radius 3 is 1.48 bits per heavy atom. The summed E-state index contributed by atoms with van der Waals surface area (Å²) in [6.07, 6.45) is 3.66. The third-order valence-corrected chi connectivity index (χ3v) is 12.2. The molecule has 0 unspecified atom stereocenters. The highest BCUT2D eigenvalue weighted by atomic mass is 32.2. The minimum Gasteiger partial charge on any atom is -0.236 e. The molecular weight excluding hydrogens is 701 g/mol. The Labute approximate surface area is 329 Å². The van der Waals surface area contributed by atoms with E-state index in [1.807, 2.05) is 72.7 Å². The third-order valence-electron chi connectivity index (χ3n) is 11.1. The number of nitrogens with zero attached hydrogens (tertiary/aromatic N) is 4. The van der Waals surface area contributed by atoms with Crippen LogP contribution in [0.1, 0.15) is 22.3 Å². The van der Waals surface area contributed by atoms with Gasteiger partial charge in [0.2, 0.25) is 0 Å². The predicted octanol–water partition coefficient (Wildman–Crippen LogP) is 12.4. The minimum absolute atomic E-state index is 0.575. The lowest BCUT2D eigenvalue weighted by molar-refractivity contribution is 0.708. The molecule has 0 amide bonds. The highest BCUT2D eigenvalue weighted by molar-refractivity contribution is 7.99. The van der Waals surface area contributed by atoms with E-state index >= 15 is 0 Å². The Balaban J connectivity index is 1.19. The lowest BCUT2D eigenvalue weighted by atomic mass is 9.63. The van der Waals surface area contributed by atoms with Crippen LogP contribution in [0.25, 0.3) is 67.5 Å². The molecule has 0 N–H and O–H groups in total. The molecule has 0 atom stereocenters. The van der Waals surface area contributed by atoms with E-state index in [1.54, 1.807) is 0 Å². The Morgan fingerprint density at radius 2 is 0.839 bits per heavy atom. The molecule has 0 saturated heterocycles. The zero-order valence-electron chi connectivity index (χ0n) is 30.2. The number of aromatic nitrogens is 4. The summed E-state index contributed by atoms with van der Waals surface area (Å²) in [5.74, 6) is 1.24. The van der Waals surface area contributed by atoms with E-state index in [2.05, 4.69) is 133 Å². The molecule has 4 nitrogen and oxygen atoms in total. The molecule has 1 aliphatic heterocycles. The smallest absolute Gasteiger partial charge is 0.163 e. The summed E-state index contributed by atoms with van der Waals surface area (Å²) in [6, 6.07) is 65.1. The zero-order valence-corrected chi connectivity index (χ0v) is 31.0. The topological polar surface area (TPSA) is 51.6 Å². The molecule has 2 aromatic heterocycles. The van der Waals surface area contributed by atoms with Gasteiger partial charge in [0.05, 0.1) is 22.4 Å². The quantitative estimate of drug-likeness (QED) is 0.180. The van der Waals surface area contributed by atoms with Crippen LogP contribution in [0.15, 0.2) is 204 Å². The summed E-state index contributed by atoms with van der Waals surface area (Å²) < 4.78 is 0. The van der Waals surface area contributed by atoms with Gasteiger partial charge in [-0.05, 0) is 68.8 Å². The van der Waals surface area contributed by atoms with Crippen molar-refractivity contribution in [2.24, 2.45) is 0 Å². The SMILES string of the molecule is c1ccc(-c2cc(-c3ccc4c(c3)C3(c5ccccc5Sc5ccccc53)c3ccccc3-c3ccccc3-4)nc(-c3cnc(-c4ccccc4)nc3)n2)cc1. The molecular formula is C51H32N4S. The first-order valence-corrected chi connectivity index (χ1v) is 19.6. The molecule has 0 bridgehead atoms. The van der Waals surface area contributed by atoms with Crippen LogP contribution in [0.2, 0.25) is 0 Å². The molecule has 11 rings (SSSR count). The second-order valence-electron chi connectivity index (χ2n) is 14.2. The van der Waals surface area contributed by atoms with Crippen molar-refractivity contribution in [1.82, 2.24) is 19.9 Å². The number of fused-ring (bicyclic) bond motifs is 11. The van der Waals surface area contributed by atoms with Crippen LogP contribution in [0.3, 0.4) is 0 Å². The summed E-state index contributed by atoms with van der Waals surface area (Å²) in [4.78, 5) is 22.4. The van der Waals surface area contributed by atoms with Crippen molar-refractivity contribution in [3.05, 3.63) is 217 Å². The maximum absolute atomic E-state index is 5.29. The maximum Gasteiger partial charge on any atom is 0.163 e. The van der Waals surface area contributed by atoms with Gasteiger partial charge in [-0.1, -0.05) is 169 Å². The summed E-state index contributed by atoms with van der Waals surface area (Å²) in [5, 5.41) is 0. The van der Waals surface area contributed by atoms with Gasteiger partial charge in [0.15, 0.2) is 11.6 Å². The van der Waals surface area contributed by atoms with Crippen molar-refractivity contribution in [2.75, 3.05) is 0 Å². The molecule has 5 heteroatoms. The standard InChI is InChI=1S/C51H32N4S/c1-3-15-33(16-4-1)45-30-46(55-50(54-45)36-31-52-49(53-32-36)34-17-5-2-6-18-34)35-27-28-40-38-20-8-7-19-37(38)39-21-9-10-22-41(39)51(44(40)29-35)42-23-11-13-25-47(42)56-48-26-14-12-24-43(48)51/h1-32H. The summed E-state index contributed by atoms with van der Waals surface area (Å²) in [7, 11) is 0. The van der Waals surface area contributed by atoms with Gasteiger partial charge in [-0.2, -0.15) is 0 Å². The number of rotatable bonds is 4. The summed E-state index contributed by atoms with van der Waals surface area (Å²) in [6.45, 7) is 0. The van der Waals surface area contributed by atoms with Gasteiger partial charge in [-0.25, -0.2) is 19.9 Å². The van der Waals surface area contributed by atoms with Gasteiger partial charge in [-0.15, -0.1) is 0 Å². The van der Waals surface area contributed by atoms with E-state index in [9.17, 15) is 0 Å². The normalized spacial score (nSPS) is 13.1. The lowest BCUT2D eigenvalue weighted by Crippen LogP contribution is -2.34. The van der Waals surface area contributed by atoms with E-state index < -0.39 is 5.41 Å². The van der Waals surface area contributed by atoms with Crippen LogP contribution in [0.4, 0.5) is 0 Å². The first-order valence-electron chi connectivity index (χ1n) is 18.8.